The van der Waals surface area contributed by atoms with Gasteiger partial charge in [-0.2, -0.15) is 0 Å². The van der Waals surface area contributed by atoms with Crippen LogP contribution in [0.2, 0.25) is 0 Å². The van der Waals surface area contributed by atoms with Crippen LogP contribution in [0.1, 0.15) is 5.76 Å². The van der Waals surface area contributed by atoms with Gasteiger partial charge < -0.3 is 4.52 Å². The molecule has 0 saturated carbocycles. The molecular formula is C16H13NO. The second kappa shape index (κ2) is 4.49. The molecule has 2 heteroatoms. The smallest absolute Gasteiger partial charge is 0.141 e. The molecule has 0 unspecified atom stereocenters. The van der Waals surface area contributed by atoms with Crippen LogP contribution in [0, 0.1) is 6.92 Å². The molecule has 0 spiro atoms. The lowest BCUT2D eigenvalue weighted by atomic mass is 10.0. The van der Waals surface area contributed by atoms with Gasteiger partial charge in [-0.3, -0.25) is 0 Å². The topological polar surface area (TPSA) is 26.0 Å². The largest absolute Gasteiger partial charge is 0.361 e. The molecule has 0 aliphatic carbocycles. The molecule has 1 aromatic heterocycles. The van der Waals surface area contributed by atoms with Crippen molar-refractivity contribution in [1.29, 1.82) is 0 Å². The van der Waals surface area contributed by atoms with Crippen molar-refractivity contribution in [1.82, 2.24) is 5.16 Å². The van der Waals surface area contributed by atoms with E-state index in [4.69, 9.17) is 4.52 Å². The predicted octanol–water partition coefficient (Wildman–Crippen LogP) is 4.32. The number of nitrogens with zero attached hydrogens (tertiary/aromatic N) is 1. The van der Waals surface area contributed by atoms with Gasteiger partial charge in [0.05, 0.1) is 6.20 Å². The number of aromatic nitrogens is 1. The molecule has 0 fully saturated rings. The molecule has 0 amide bonds. The van der Waals surface area contributed by atoms with Gasteiger partial charge in [0.25, 0.3) is 0 Å². The molecule has 1 heterocycles. The summed E-state index contributed by atoms with van der Waals surface area (Å²) in [5, 5.41) is 3.80. The van der Waals surface area contributed by atoms with E-state index in [1.54, 1.807) is 6.20 Å². The zero-order valence-corrected chi connectivity index (χ0v) is 10.1. The van der Waals surface area contributed by atoms with Crippen LogP contribution in [0.25, 0.3) is 22.3 Å². The fraction of sp³-hybridized carbons (Fsp3) is 0.0625. The SMILES string of the molecule is Cc1oncc1-c1ccc(-c2ccccc2)cc1. The Labute approximate surface area is 106 Å². The maximum absolute atomic E-state index is 5.08. The summed E-state index contributed by atoms with van der Waals surface area (Å²) in [4.78, 5) is 0. The minimum atomic E-state index is 0.850. The van der Waals surface area contributed by atoms with Crippen molar-refractivity contribution in [2.45, 2.75) is 6.92 Å². The van der Waals surface area contributed by atoms with Crippen molar-refractivity contribution in [3.63, 3.8) is 0 Å². The summed E-state index contributed by atoms with van der Waals surface area (Å²) in [5.41, 5.74) is 4.63. The van der Waals surface area contributed by atoms with Crippen LogP contribution < -0.4 is 0 Å². The minimum absolute atomic E-state index is 0.850. The van der Waals surface area contributed by atoms with Crippen molar-refractivity contribution in [3.05, 3.63) is 66.6 Å². The van der Waals surface area contributed by atoms with E-state index >= 15 is 0 Å². The van der Waals surface area contributed by atoms with Gasteiger partial charge in [0, 0.05) is 5.56 Å². The normalized spacial score (nSPS) is 10.5. The molecule has 0 saturated heterocycles. The minimum Gasteiger partial charge on any atom is -0.361 e. The number of benzene rings is 2. The van der Waals surface area contributed by atoms with Crippen molar-refractivity contribution >= 4 is 0 Å². The maximum Gasteiger partial charge on any atom is 0.141 e. The van der Waals surface area contributed by atoms with Crippen LogP contribution in [0.4, 0.5) is 0 Å². The highest BCUT2D eigenvalue weighted by molar-refractivity contribution is 5.70. The molecule has 0 atom stereocenters. The molecule has 2 aromatic carbocycles. The summed E-state index contributed by atoms with van der Waals surface area (Å²) in [6.45, 7) is 1.92. The average Bonchev–Trinajstić information content (AvgIpc) is 2.86. The van der Waals surface area contributed by atoms with Crippen molar-refractivity contribution in [2.75, 3.05) is 0 Å². The highest BCUT2D eigenvalue weighted by Gasteiger charge is 2.05. The van der Waals surface area contributed by atoms with E-state index in [0.29, 0.717) is 0 Å². The molecule has 0 aliphatic rings. The standard InChI is InChI=1S/C16H13NO/c1-12-16(11-17-18-12)15-9-7-14(8-10-15)13-5-3-2-4-6-13/h2-11H,1H3. The van der Waals surface area contributed by atoms with E-state index in [0.717, 1.165) is 16.9 Å². The zero-order valence-electron chi connectivity index (χ0n) is 10.1. The van der Waals surface area contributed by atoms with Crippen LogP contribution >= 0.6 is 0 Å². The highest BCUT2D eigenvalue weighted by atomic mass is 16.5. The van der Waals surface area contributed by atoms with E-state index in [9.17, 15) is 0 Å². The Morgan fingerprint density at radius 3 is 2.00 bits per heavy atom. The summed E-state index contributed by atoms with van der Waals surface area (Å²) < 4.78 is 5.08. The number of rotatable bonds is 2. The first-order valence-electron chi connectivity index (χ1n) is 5.92. The summed E-state index contributed by atoms with van der Waals surface area (Å²) in [5.74, 6) is 0.850. The van der Waals surface area contributed by atoms with Crippen molar-refractivity contribution in [2.24, 2.45) is 0 Å². The Kier molecular flexibility index (Phi) is 2.69. The van der Waals surface area contributed by atoms with Gasteiger partial charge in [-0.25, -0.2) is 0 Å². The van der Waals surface area contributed by atoms with E-state index in [1.165, 1.54) is 11.1 Å². The monoisotopic (exact) mass is 235 g/mol. The lowest BCUT2D eigenvalue weighted by Crippen LogP contribution is -1.80. The first-order chi connectivity index (χ1) is 8.84. The van der Waals surface area contributed by atoms with Crippen molar-refractivity contribution in [3.8, 4) is 22.3 Å². The Hall–Kier alpha value is -2.35. The van der Waals surface area contributed by atoms with E-state index in [-0.39, 0.29) is 0 Å². The molecule has 3 aromatic rings. The number of hydrogen-bond acceptors (Lipinski definition) is 2. The van der Waals surface area contributed by atoms with Crippen LogP contribution in [-0.2, 0) is 0 Å². The number of hydrogen-bond donors (Lipinski definition) is 0. The van der Waals surface area contributed by atoms with Crippen LogP contribution in [-0.4, -0.2) is 5.16 Å². The van der Waals surface area contributed by atoms with E-state index in [1.807, 2.05) is 25.1 Å². The maximum atomic E-state index is 5.08. The van der Waals surface area contributed by atoms with Gasteiger partial charge in [-0.1, -0.05) is 59.8 Å². The van der Waals surface area contributed by atoms with E-state index < -0.39 is 0 Å². The second-order valence-electron chi connectivity index (χ2n) is 4.24. The summed E-state index contributed by atoms with van der Waals surface area (Å²) in [6, 6.07) is 18.8. The van der Waals surface area contributed by atoms with Gasteiger partial charge in [0.15, 0.2) is 0 Å². The fourth-order valence-corrected chi connectivity index (χ4v) is 2.05. The van der Waals surface area contributed by atoms with Gasteiger partial charge in [0.1, 0.15) is 5.76 Å². The third-order valence-electron chi connectivity index (χ3n) is 3.05. The third kappa shape index (κ3) is 1.93. The quantitative estimate of drug-likeness (QED) is 0.661. The number of aryl methyl sites for hydroxylation is 1. The Morgan fingerprint density at radius 2 is 1.39 bits per heavy atom. The van der Waals surface area contributed by atoms with Crippen LogP contribution in [0.3, 0.4) is 0 Å². The average molecular weight is 235 g/mol. The Morgan fingerprint density at radius 1 is 0.778 bits per heavy atom. The fourth-order valence-electron chi connectivity index (χ4n) is 2.05. The first kappa shape index (κ1) is 10.8. The van der Waals surface area contributed by atoms with Crippen molar-refractivity contribution < 1.29 is 4.52 Å². The molecule has 88 valence electrons. The molecule has 0 bridgehead atoms. The van der Waals surface area contributed by atoms with Gasteiger partial charge in [0.2, 0.25) is 0 Å². The molecule has 0 N–H and O–H groups in total. The zero-order chi connectivity index (χ0) is 12.4. The van der Waals surface area contributed by atoms with Crippen LogP contribution in [0.15, 0.2) is 65.3 Å². The molecule has 3 rings (SSSR count). The molecule has 0 radical (unpaired) electrons. The molecular weight excluding hydrogens is 222 g/mol. The second-order valence-corrected chi connectivity index (χ2v) is 4.24. The van der Waals surface area contributed by atoms with E-state index in [2.05, 4.69) is 41.6 Å². The Bertz CT molecular complexity index is 638. The lowest BCUT2D eigenvalue weighted by molar-refractivity contribution is 0.398. The summed E-state index contributed by atoms with van der Waals surface area (Å²) in [7, 11) is 0. The molecule has 18 heavy (non-hydrogen) atoms. The highest BCUT2D eigenvalue weighted by Crippen LogP contribution is 2.26. The third-order valence-corrected chi connectivity index (χ3v) is 3.05. The van der Waals surface area contributed by atoms with Gasteiger partial charge in [-0.05, 0) is 23.6 Å². The summed E-state index contributed by atoms with van der Waals surface area (Å²) in [6.07, 6.45) is 1.76. The van der Waals surface area contributed by atoms with Gasteiger partial charge >= 0.3 is 0 Å². The molecule has 0 aliphatic heterocycles. The lowest BCUT2D eigenvalue weighted by Gasteiger charge is -2.03. The van der Waals surface area contributed by atoms with Crippen LogP contribution in [0.5, 0.6) is 0 Å². The van der Waals surface area contributed by atoms with Gasteiger partial charge in [-0.15, -0.1) is 0 Å². The molecule has 2 nitrogen and oxygen atoms in total. The Balaban J connectivity index is 1.97. The predicted molar refractivity (Wildman–Crippen MR) is 72.1 cm³/mol. The summed E-state index contributed by atoms with van der Waals surface area (Å²) >= 11 is 0. The first-order valence-corrected chi connectivity index (χ1v) is 5.92.